The Morgan fingerprint density at radius 2 is 1.91 bits per heavy atom. The molecule has 0 aromatic heterocycles. The van der Waals surface area contributed by atoms with E-state index in [-0.39, 0.29) is 17.7 Å². The van der Waals surface area contributed by atoms with Crippen molar-refractivity contribution in [2.24, 2.45) is 5.41 Å². The quantitative estimate of drug-likeness (QED) is 0.734. The number of halogens is 1. The van der Waals surface area contributed by atoms with Crippen molar-refractivity contribution in [2.75, 3.05) is 13.1 Å². The summed E-state index contributed by atoms with van der Waals surface area (Å²) >= 11 is 0. The normalized spacial score (nSPS) is 19.8. The van der Waals surface area contributed by atoms with Crippen LogP contribution in [0, 0.1) is 11.2 Å². The zero-order valence-electron chi connectivity index (χ0n) is 13.8. The molecule has 5 heteroatoms. The second kappa shape index (κ2) is 5.32. The molecule has 124 valence electrons. The van der Waals surface area contributed by atoms with Crippen LogP contribution < -0.4 is 0 Å². The van der Waals surface area contributed by atoms with E-state index < -0.39 is 11.0 Å². The van der Waals surface area contributed by atoms with Crippen LogP contribution >= 0.6 is 0 Å². The Kier molecular flexibility index (Phi) is 3.69. The molecule has 1 fully saturated rings. The van der Waals surface area contributed by atoms with Crippen molar-refractivity contribution < 1.29 is 18.7 Å². The number of benzene rings is 1. The molecule has 3 rings (SSSR count). The van der Waals surface area contributed by atoms with E-state index >= 15 is 0 Å². The first kappa shape index (κ1) is 16.0. The van der Waals surface area contributed by atoms with Gasteiger partial charge in [-0.3, -0.25) is 4.79 Å². The highest BCUT2D eigenvalue weighted by Crippen LogP contribution is 2.44. The number of carbonyl (C=O) groups is 2. The maximum Gasteiger partial charge on any atom is 0.410 e. The number of carbonyl (C=O) groups excluding carboxylic acids is 2. The first-order valence-electron chi connectivity index (χ1n) is 8.01. The topological polar surface area (TPSA) is 46.6 Å². The van der Waals surface area contributed by atoms with Gasteiger partial charge in [-0.15, -0.1) is 0 Å². The van der Waals surface area contributed by atoms with Crippen LogP contribution in [0.1, 0.15) is 49.5 Å². The summed E-state index contributed by atoms with van der Waals surface area (Å²) in [7, 11) is 0. The van der Waals surface area contributed by atoms with Gasteiger partial charge in [0, 0.05) is 24.1 Å². The molecular weight excluding hydrogens is 297 g/mol. The summed E-state index contributed by atoms with van der Waals surface area (Å²) in [4.78, 5) is 26.5. The number of ketones is 1. The summed E-state index contributed by atoms with van der Waals surface area (Å²) in [6.07, 6.45) is 1.44. The Labute approximate surface area is 135 Å². The van der Waals surface area contributed by atoms with Crippen LogP contribution in [-0.2, 0) is 11.2 Å². The van der Waals surface area contributed by atoms with Crippen molar-refractivity contribution in [2.45, 2.75) is 45.6 Å². The molecule has 1 aliphatic heterocycles. The lowest BCUT2D eigenvalue weighted by molar-refractivity contribution is 0.0114. The lowest BCUT2D eigenvalue weighted by Crippen LogP contribution is -2.47. The van der Waals surface area contributed by atoms with Crippen LogP contribution in [0.2, 0.25) is 0 Å². The van der Waals surface area contributed by atoms with E-state index in [9.17, 15) is 14.0 Å². The number of nitrogens with zero attached hydrogens (tertiary/aromatic N) is 1. The molecule has 1 aromatic rings. The van der Waals surface area contributed by atoms with Gasteiger partial charge in [0.2, 0.25) is 0 Å². The highest BCUT2D eigenvalue weighted by molar-refractivity contribution is 6.05. The molecule has 1 aliphatic carbocycles. The summed E-state index contributed by atoms with van der Waals surface area (Å²) in [6.45, 7) is 6.50. The number of likely N-dealkylation sites (tertiary alicyclic amines) is 1. The van der Waals surface area contributed by atoms with Crippen molar-refractivity contribution in [3.63, 3.8) is 0 Å². The van der Waals surface area contributed by atoms with Crippen LogP contribution in [0.4, 0.5) is 9.18 Å². The third kappa shape index (κ3) is 2.96. The number of ether oxygens (including phenoxy) is 1. The van der Waals surface area contributed by atoms with Crippen LogP contribution in [0.3, 0.4) is 0 Å². The second-order valence-electron chi connectivity index (χ2n) is 7.56. The molecule has 1 saturated heterocycles. The van der Waals surface area contributed by atoms with E-state index in [1.165, 1.54) is 12.1 Å². The number of amides is 1. The lowest BCUT2D eigenvalue weighted by atomic mass is 9.75. The number of piperidine rings is 1. The highest BCUT2D eigenvalue weighted by Gasteiger charge is 2.47. The first-order chi connectivity index (χ1) is 10.7. The Balaban J connectivity index is 1.70. The van der Waals surface area contributed by atoms with Gasteiger partial charge in [0.25, 0.3) is 0 Å². The predicted molar refractivity (Wildman–Crippen MR) is 83.9 cm³/mol. The molecule has 1 heterocycles. The SMILES string of the molecule is CC(C)(C)OC(=O)N1CCC2(CC1)Cc1cc(F)ccc1C2=O. The van der Waals surface area contributed by atoms with Crippen LogP contribution in [0.15, 0.2) is 18.2 Å². The maximum absolute atomic E-state index is 13.4. The van der Waals surface area contributed by atoms with E-state index in [4.69, 9.17) is 4.74 Å². The fourth-order valence-corrected chi connectivity index (χ4v) is 3.51. The number of hydrogen-bond donors (Lipinski definition) is 0. The minimum absolute atomic E-state index is 0.0938. The molecule has 1 amide bonds. The molecule has 2 aliphatic rings. The Morgan fingerprint density at radius 1 is 1.26 bits per heavy atom. The molecule has 0 saturated carbocycles. The fraction of sp³-hybridized carbons (Fsp3) is 0.556. The predicted octanol–water partition coefficient (Wildman–Crippen LogP) is 3.58. The molecule has 0 radical (unpaired) electrons. The van der Waals surface area contributed by atoms with Crippen molar-refractivity contribution in [3.8, 4) is 0 Å². The number of fused-ring (bicyclic) bond motifs is 1. The van der Waals surface area contributed by atoms with Gasteiger partial charge in [0.05, 0.1) is 0 Å². The summed E-state index contributed by atoms with van der Waals surface area (Å²) in [6, 6.07) is 4.38. The van der Waals surface area contributed by atoms with E-state index in [1.54, 1.807) is 11.0 Å². The van der Waals surface area contributed by atoms with Crippen molar-refractivity contribution in [1.29, 1.82) is 0 Å². The number of rotatable bonds is 0. The highest BCUT2D eigenvalue weighted by atomic mass is 19.1. The summed E-state index contributed by atoms with van der Waals surface area (Å²) in [5.74, 6) is -0.212. The standard InChI is InChI=1S/C18H22FNO3/c1-17(2,3)23-16(22)20-8-6-18(7-9-20)11-12-10-13(19)4-5-14(12)15(18)21/h4-5,10H,6-9,11H2,1-3H3. The largest absolute Gasteiger partial charge is 0.444 e. The van der Waals surface area contributed by atoms with Gasteiger partial charge in [-0.1, -0.05) is 0 Å². The molecule has 23 heavy (non-hydrogen) atoms. The average molecular weight is 319 g/mol. The Morgan fingerprint density at radius 3 is 2.52 bits per heavy atom. The van der Waals surface area contributed by atoms with Crippen LogP contribution in [-0.4, -0.2) is 35.5 Å². The van der Waals surface area contributed by atoms with Gasteiger partial charge in [0.15, 0.2) is 5.78 Å². The van der Waals surface area contributed by atoms with Gasteiger partial charge >= 0.3 is 6.09 Å². The minimum Gasteiger partial charge on any atom is -0.444 e. The van der Waals surface area contributed by atoms with E-state index in [1.807, 2.05) is 20.8 Å². The first-order valence-corrected chi connectivity index (χ1v) is 8.01. The van der Waals surface area contributed by atoms with E-state index in [2.05, 4.69) is 0 Å². The smallest absolute Gasteiger partial charge is 0.410 e. The fourth-order valence-electron chi connectivity index (χ4n) is 3.51. The third-order valence-electron chi connectivity index (χ3n) is 4.69. The summed E-state index contributed by atoms with van der Waals surface area (Å²) in [5, 5.41) is 0. The minimum atomic E-state index is -0.525. The second-order valence-corrected chi connectivity index (χ2v) is 7.56. The zero-order valence-corrected chi connectivity index (χ0v) is 13.8. The zero-order chi connectivity index (χ0) is 16.8. The van der Waals surface area contributed by atoms with E-state index in [0.29, 0.717) is 37.9 Å². The van der Waals surface area contributed by atoms with E-state index in [0.717, 1.165) is 5.56 Å². The summed E-state index contributed by atoms with van der Waals surface area (Å²) < 4.78 is 18.8. The number of Topliss-reactive ketones (excluding diaryl/α,β-unsaturated/α-hetero) is 1. The van der Waals surface area contributed by atoms with Gasteiger partial charge in [-0.25, -0.2) is 9.18 Å². The van der Waals surface area contributed by atoms with Gasteiger partial charge < -0.3 is 9.64 Å². The molecular formula is C18H22FNO3. The van der Waals surface area contributed by atoms with Crippen molar-refractivity contribution in [1.82, 2.24) is 4.90 Å². The Hall–Kier alpha value is -1.91. The molecule has 1 spiro atoms. The van der Waals surface area contributed by atoms with Gasteiger partial charge in [0.1, 0.15) is 11.4 Å². The molecule has 0 unspecified atom stereocenters. The monoisotopic (exact) mass is 319 g/mol. The molecule has 1 aromatic carbocycles. The van der Waals surface area contributed by atoms with Crippen molar-refractivity contribution in [3.05, 3.63) is 35.1 Å². The lowest BCUT2D eigenvalue weighted by Gasteiger charge is -2.38. The van der Waals surface area contributed by atoms with Crippen molar-refractivity contribution >= 4 is 11.9 Å². The van der Waals surface area contributed by atoms with Crippen LogP contribution in [0.25, 0.3) is 0 Å². The third-order valence-corrected chi connectivity index (χ3v) is 4.69. The molecule has 4 nitrogen and oxygen atoms in total. The summed E-state index contributed by atoms with van der Waals surface area (Å²) in [5.41, 5.74) is 0.426. The molecule has 0 atom stereocenters. The van der Waals surface area contributed by atoms with Gasteiger partial charge in [-0.05, 0) is 63.8 Å². The van der Waals surface area contributed by atoms with Crippen LogP contribution in [0.5, 0.6) is 0 Å². The number of hydrogen-bond acceptors (Lipinski definition) is 3. The van der Waals surface area contributed by atoms with Gasteiger partial charge in [-0.2, -0.15) is 0 Å². The molecule has 0 N–H and O–H groups in total. The average Bonchev–Trinajstić information content (AvgIpc) is 2.70. The maximum atomic E-state index is 13.4. The Bertz CT molecular complexity index is 655. The molecule has 0 bridgehead atoms.